The first-order valence-electron chi connectivity index (χ1n) is 5.05. The van der Waals surface area contributed by atoms with Gasteiger partial charge in [-0.1, -0.05) is 15.9 Å². The summed E-state index contributed by atoms with van der Waals surface area (Å²) in [5.41, 5.74) is -0.636. The number of rotatable bonds is 2. The third-order valence-corrected chi connectivity index (χ3v) is 3.30. The van der Waals surface area contributed by atoms with E-state index in [0.29, 0.717) is 0 Å². The van der Waals surface area contributed by atoms with Gasteiger partial charge in [-0.3, -0.25) is 4.79 Å². The van der Waals surface area contributed by atoms with E-state index in [0.717, 1.165) is 15.7 Å². The van der Waals surface area contributed by atoms with Crippen molar-refractivity contribution in [2.45, 2.75) is 0 Å². The Bertz CT molecular complexity index is 611. The highest BCUT2D eigenvalue weighted by Crippen LogP contribution is 2.20. The molecule has 7 heteroatoms. The molecule has 1 aromatic carbocycles. The van der Waals surface area contributed by atoms with Gasteiger partial charge < -0.3 is 5.32 Å². The van der Waals surface area contributed by atoms with Crippen LogP contribution >= 0.6 is 38.5 Å². The average molecular weight is 439 g/mol. The number of carbonyl (C=O) groups excluding carboxylic acids is 1. The molecule has 0 atom stereocenters. The van der Waals surface area contributed by atoms with Crippen LogP contribution in [0.5, 0.6) is 0 Å². The standard InChI is InChI=1S/C12H6BrF2IN2O/c13-6-3-8(14)11(9(15)4-6)12(19)18-10-2-1-7(16)5-17-10/h1-5H,(H,17,18,19). The van der Waals surface area contributed by atoms with Crippen LogP contribution in [0.3, 0.4) is 0 Å². The Kier molecular flexibility index (Phi) is 4.46. The molecule has 0 aliphatic heterocycles. The van der Waals surface area contributed by atoms with Crippen LogP contribution < -0.4 is 5.32 Å². The normalized spacial score (nSPS) is 10.3. The first-order valence-corrected chi connectivity index (χ1v) is 6.92. The van der Waals surface area contributed by atoms with E-state index in [1.807, 2.05) is 0 Å². The maximum Gasteiger partial charge on any atom is 0.262 e. The van der Waals surface area contributed by atoms with Crippen LogP contribution in [0.15, 0.2) is 34.9 Å². The second-order valence-corrected chi connectivity index (χ2v) is 5.72. The fourth-order valence-electron chi connectivity index (χ4n) is 1.39. The summed E-state index contributed by atoms with van der Waals surface area (Å²) < 4.78 is 28.3. The summed E-state index contributed by atoms with van der Waals surface area (Å²) >= 11 is 5.00. The van der Waals surface area contributed by atoms with Crippen molar-refractivity contribution in [3.05, 3.63) is 55.7 Å². The van der Waals surface area contributed by atoms with E-state index in [2.05, 4.69) is 48.8 Å². The lowest BCUT2D eigenvalue weighted by molar-refractivity contribution is 0.101. The topological polar surface area (TPSA) is 42.0 Å². The van der Waals surface area contributed by atoms with Crippen molar-refractivity contribution in [2.24, 2.45) is 0 Å². The van der Waals surface area contributed by atoms with Gasteiger partial charge in [0.05, 0.1) is 0 Å². The first-order chi connectivity index (χ1) is 8.97. The monoisotopic (exact) mass is 438 g/mol. The fourth-order valence-corrected chi connectivity index (χ4v) is 2.11. The number of amides is 1. The van der Waals surface area contributed by atoms with Crippen LogP contribution in [-0.4, -0.2) is 10.9 Å². The van der Waals surface area contributed by atoms with Gasteiger partial charge in [0.2, 0.25) is 0 Å². The average Bonchev–Trinajstić information content (AvgIpc) is 2.30. The van der Waals surface area contributed by atoms with Crippen molar-refractivity contribution >= 4 is 50.2 Å². The van der Waals surface area contributed by atoms with Gasteiger partial charge in [-0.05, 0) is 46.9 Å². The minimum Gasteiger partial charge on any atom is -0.306 e. The van der Waals surface area contributed by atoms with Crippen molar-refractivity contribution in [2.75, 3.05) is 5.32 Å². The van der Waals surface area contributed by atoms with E-state index in [1.165, 1.54) is 6.20 Å². The molecule has 0 bridgehead atoms. The van der Waals surface area contributed by atoms with Gasteiger partial charge in [-0.2, -0.15) is 0 Å². The largest absolute Gasteiger partial charge is 0.306 e. The van der Waals surface area contributed by atoms with Gasteiger partial charge in [0.1, 0.15) is 23.0 Å². The molecule has 0 fully saturated rings. The molecule has 0 saturated heterocycles. The summed E-state index contributed by atoms with van der Waals surface area (Å²) in [4.78, 5) is 15.7. The molecule has 0 aliphatic carbocycles. The number of benzene rings is 1. The summed E-state index contributed by atoms with van der Waals surface area (Å²) in [6.07, 6.45) is 1.53. The lowest BCUT2D eigenvalue weighted by Gasteiger charge is -2.07. The number of nitrogens with zero attached hydrogens (tertiary/aromatic N) is 1. The Morgan fingerprint density at radius 3 is 2.42 bits per heavy atom. The van der Waals surface area contributed by atoms with Crippen molar-refractivity contribution < 1.29 is 13.6 Å². The molecular weight excluding hydrogens is 433 g/mol. The second-order valence-electron chi connectivity index (χ2n) is 3.56. The Hall–Kier alpha value is -1.09. The van der Waals surface area contributed by atoms with E-state index in [9.17, 15) is 13.6 Å². The smallest absolute Gasteiger partial charge is 0.262 e. The molecule has 3 nitrogen and oxygen atoms in total. The number of hydrogen-bond donors (Lipinski definition) is 1. The minimum atomic E-state index is -0.935. The van der Waals surface area contributed by atoms with Crippen LogP contribution in [0, 0.1) is 15.2 Å². The lowest BCUT2D eigenvalue weighted by atomic mass is 10.2. The number of anilines is 1. The van der Waals surface area contributed by atoms with Crippen LogP contribution in [0.2, 0.25) is 0 Å². The molecule has 0 aliphatic rings. The number of carbonyl (C=O) groups is 1. The third kappa shape index (κ3) is 3.47. The zero-order chi connectivity index (χ0) is 14.0. The van der Waals surface area contributed by atoms with Crippen molar-refractivity contribution in [3.8, 4) is 0 Å². The highest BCUT2D eigenvalue weighted by molar-refractivity contribution is 14.1. The molecule has 98 valence electrons. The van der Waals surface area contributed by atoms with Gasteiger partial charge in [-0.15, -0.1) is 0 Å². The Morgan fingerprint density at radius 2 is 1.89 bits per heavy atom. The summed E-state index contributed by atoms with van der Waals surface area (Å²) in [7, 11) is 0. The van der Waals surface area contributed by atoms with Crippen LogP contribution in [0.25, 0.3) is 0 Å². The summed E-state index contributed by atoms with van der Waals surface area (Å²) in [5, 5.41) is 2.34. The number of nitrogens with one attached hydrogen (secondary N) is 1. The first kappa shape index (κ1) is 14.3. The Morgan fingerprint density at radius 1 is 1.26 bits per heavy atom. The molecule has 0 unspecified atom stereocenters. The van der Waals surface area contributed by atoms with Crippen molar-refractivity contribution in [3.63, 3.8) is 0 Å². The summed E-state index contributed by atoms with van der Waals surface area (Å²) in [5.74, 6) is -2.52. The van der Waals surface area contributed by atoms with E-state index >= 15 is 0 Å². The van der Waals surface area contributed by atoms with Crippen molar-refractivity contribution in [1.82, 2.24) is 4.98 Å². The Balaban J connectivity index is 2.28. The minimum absolute atomic E-state index is 0.228. The van der Waals surface area contributed by atoms with Crippen LogP contribution in [0.4, 0.5) is 14.6 Å². The van der Waals surface area contributed by atoms with E-state index in [4.69, 9.17) is 0 Å². The number of aromatic nitrogens is 1. The molecule has 1 amide bonds. The molecule has 1 heterocycles. The summed E-state index contributed by atoms with van der Waals surface area (Å²) in [6, 6.07) is 5.32. The predicted octanol–water partition coefficient (Wildman–Crippen LogP) is 3.98. The van der Waals surface area contributed by atoms with E-state index in [-0.39, 0.29) is 10.3 Å². The molecule has 19 heavy (non-hydrogen) atoms. The molecule has 2 aromatic rings. The quantitative estimate of drug-likeness (QED) is 0.720. The number of pyridine rings is 1. The van der Waals surface area contributed by atoms with Gasteiger partial charge in [0.25, 0.3) is 5.91 Å². The van der Waals surface area contributed by atoms with E-state index < -0.39 is 23.1 Å². The number of hydrogen-bond acceptors (Lipinski definition) is 2. The molecule has 2 rings (SSSR count). The SMILES string of the molecule is O=C(Nc1ccc(I)cn1)c1c(F)cc(Br)cc1F. The maximum absolute atomic E-state index is 13.6. The third-order valence-electron chi connectivity index (χ3n) is 2.20. The van der Waals surface area contributed by atoms with Gasteiger partial charge in [0, 0.05) is 14.2 Å². The Labute approximate surface area is 129 Å². The van der Waals surface area contributed by atoms with E-state index in [1.54, 1.807) is 12.1 Å². The molecular formula is C12H6BrF2IN2O. The van der Waals surface area contributed by atoms with Gasteiger partial charge >= 0.3 is 0 Å². The van der Waals surface area contributed by atoms with Gasteiger partial charge in [-0.25, -0.2) is 13.8 Å². The highest BCUT2D eigenvalue weighted by Gasteiger charge is 2.18. The van der Waals surface area contributed by atoms with Crippen molar-refractivity contribution in [1.29, 1.82) is 0 Å². The highest BCUT2D eigenvalue weighted by atomic mass is 127. The predicted molar refractivity (Wildman–Crippen MR) is 79.0 cm³/mol. The zero-order valence-corrected chi connectivity index (χ0v) is 13.0. The summed E-state index contributed by atoms with van der Waals surface area (Å²) in [6.45, 7) is 0. The number of halogens is 4. The molecule has 0 radical (unpaired) electrons. The fraction of sp³-hybridized carbons (Fsp3) is 0. The molecule has 1 N–H and O–H groups in total. The van der Waals surface area contributed by atoms with Gasteiger partial charge in [0.15, 0.2) is 0 Å². The van der Waals surface area contributed by atoms with Crippen LogP contribution in [0.1, 0.15) is 10.4 Å². The lowest BCUT2D eigenvalue weighted by Crippen LogP contribution is -2.16. The second kappa shape index (κ2) is 5.91. The van der Waals surface area contributed by atoms with Crippen LogP contribution in [-0.2, 0) is 0 Å². The molecule has 0 saturated carbocycles. The molecule has 0 spiro atoms. The zero-order valence-electron chi connectivity index (χ0n) is 9.25. The molecule has 1 aromatic heterocycles. The maximum atomic E-state index is 13.6.